The Balaban J connectivity index is 1.19. The summed E-state index contributed by atoms with van der Waals surface area (Å²) in [5.41, 5.74) is 1.47. The first-order chi connectivity index (χ1) is 16.5. The molecule has 11 heteroatoms. The number of ether oxygens (including phenoxy) is 1. The number of hydrogen-bond acceptors (Lipinski definition) is 6. The molecule has 2 aliphatic heterocycles. The van der Waals surface area contributed by atoms with Crippen LogP contribution in [0.25, 0.3) is 16.0 Å². The molecule has 1 unspecified atom stereocenters. The van der Waals surface area contributed by atoms with Crippen molar-refractivity contribution >= 4 is 11.8 Å². The smallest absolute Gasteiger partial charge is 0.414 e. The van der Waals surface area contributed by atoms with Crippen LogP contribution in [0.4, 0.5) is 19.3 Å². The Morgan fingerprint density at radius 1 is 1.24 bits per heavy atom. The third-order valence-electron chi connectivity index (χ3n) is 6.95. The van der Waals surface area contributed by atoms with Crippen LogP contribution in [-0.2, 0) is 16.8 Å². The van der Waals surface area contributed by atoms with Gasteiger partial charge in [0.25, 0.3) is 11.5 Å². The molecule has 4 atom stereocenters. The van der Waals surface area contributed by atoms with E-state index in [-0.39, 0.29) is 24.9 Å². The highest BCUT2D eigenvalue weighted by atomic mass is 19.1. The lowest BCUT2D eigenvalue weighted by Crippen LogP contribution is -2.26. The Bertz CT molecular complexity index is 1310. The number of hydrogen-bond donors (Lipinski definition) is 1. The summed E-state index contributed by atoms with van der Waals surface area (Å²) in [5, 5.41) is 10.2. The molecule has 3 aliphatic rings. The first-order valence-electron chi connectivity index (χ1n) is 10.9. The van der Waals surface area contributed by atoms with E-state index in [4.69, 9.17) is 11.3 Å². The highest BCUT2D eigenvalue weighted by Gasteiger charge is 2.76. The van der Waals surface area contributed by atoms with Crippen LogP contribution in [0.1, 0.15) is 5.69 Å². The number of piperidine rings is 1. The van der Waals surface area contributed by atoms with Gasteiger partial charge in [-0.25, -0.2) is 20.4 Å². The Morgan fingerprint density at radius 2 is 2.06 bits per heavy atom. The molecule has 0 spiro atoms. The number of carbonyl (C=O) groups excluding carboxylic acids is 1. The van der Waals surface area contributed by atoms with Gasteiger partial charge in [-0.1, -0.05) is 16.4 Å². The van der Waals surface area contributed by atoms with Gasteiger partial charge in [0, 0.05) is 30.4 Å². The van der Waals surface area contributed by atoms with Gasteiger partial charge in [-0.15, -0.1) is 0 Å². The molecule has 2 saturated heterocycles. The third kappa shape index (κ3) is 3.13. The summed E-state index contributed by atoms with van der Waals surface area (Å²) in [7, 11) is 0. The average Bonchev–Trinajstić information content (AvgIpc) is 3.29. The monoisotopic (exact) mass is 463 g/mol. The molecular formula is C23H19F2N7O2. The number of halogens is 2. The van der Waals surface area contributed by atoms with Gasteiger partial charge in [-0.3, -0.25) is 9.88 Å². The number of anilines is 1. The van der Waals surface area contributed by atoms with Gasteiger partial charge >= 0.3 is 6.09 Å². The number of cyclic esters (lactones) is 1. The van der Waals surface area contributed by atoms with E-state index < -0.39 is 29.5 Å². The number of amides is 1. The highest BCUT2D eigenvalue weighted by molar-refractivity contribution is 5.90. The van der Waals surface area contributed by atoms with Gasteiger partial charge in [0.15, 0.2) is 0 Å². The topological polar surface area (TPSA) is 89.5 Å². The van der Waals surface area contributed by atoms with E-state index in [1.165, 1.54) is 15.6 Å². The van der Waals surface area contributed by atoms with E-state index in [0.717, 1.165) is 25.0 Å². The number of carbonyl (C=O) groups is 1. The second-order valence-electron chi connectivity index (χ2n) is 8.78. The average molecular weight is 463 g/mol. The lowest BCUT2D eigenvalue weighted by atomic mass is 10.0. The Kier molecular flexibility index (Phi) is 4.60. The molecule has 0 radical (unpaired) electrons. The molecule has 34 heavy (non-hydrogen) atoms. The first kappa shape index (κ1) is 20.7. The second-order valence-corrected chi connectivity index (χ2v) is 8.78. The number of rotatable bonds is 5. The van der Waals surface area contributed by atoms with Crippen LogP contribution in [0.15, 0.2) is 42.7 Å². The van der Waals surface area contributed by atoms with Gasteiger partial charge < -0.3 is 14.9 Å². The molecule has 1 aromatic carbocycles. The van der Waals surface area contributed by atoms with E-state index >= 15 is 4.39 Å². The molecule has 3 aromatic rings. The quantitative estimate of drug-likeness (QED) is 0.586. The highest BCUT2D eigenvalue weighted by Crippen LogP contribution is 2.62. The molecule has 1 saturated carbocycles. The van der Waals surface area contributed by atoms with E-state index in [1.54, 1.807) is 24.4 Å². The van der Waals surface area contributed by atoms with Crippen molar-refractivity contribution in [1.82, 2.24) is 25.3 Å². The zero-order valence-corrected chi connectivity index (χ0v) is 17.9. The van der Waals surface area contributed by atoms with Crippen LogP contribution in [0, 0.1) is 30.2 Å². The summed E-state index contributed by atoms with van der Waals surface area (Å²) in [6.07, 6.45) is 1.52. The maximum atomic E-state index is 15.0. The van der Waals surface area contributed by atoms with Gasteiger partial charge in [-0.2, -0.15) is 4.39 Å². The summed E-state index contributed by atoms with van der Waals surface area (Å²) >= 11 is 0. The van der Waals surface area contributed by atoms with Crippen molar-refractivity contribution in [1.29, 1.82) is 0 Å². The van der Waals surface area contributed by atoms with Crippen molar-refractivity contribution in [2.24, 2.45) is 11.8 Å². The molecule has 2 aromatic heterocycles. The van der Waals surface area contributed by atoms with Gasteiger partial charge in [0.05, 0.1) is 36.8 Å². The fourth-order valence-electron chi connectivity index (χ4n) is 5.21. The standard InChI is InChI=1S/C23H19F2N7O2/c1-26-23(17-8-27-9-18(17)23)20-5-2-13(7-28-20)16-4-3-14(6-19(16)24)32-11-15(34-22(32)33)10-31-12-21(25)29-30-31/h2-7,12,15,17-18,27H,8-11H2/t15-,17-,18+,23?/m0/s1. The number of benzene rings is 1. The lowest BCUT2D eigenvalue weighted by molar-refractivity contribution is 0.129. The number of nitrogens with one attached hydrogen (secondary N) is 1. The SMILES string of the molecule is [C-]#[N+]C1(c2ccc(-c3ccc(N4C[C@H](Cn5cc(F)nn5)OC4=O)cc3F)cn2)[C@@H]2CNC[C@@H]21. The van der Waals surface area contributed by atoms with Crippen LogP contribution in [0.5, 0.6) is 0 Å². The molecule has 1 amide bonds. The van der Waals surface area contributed by atoms with Gasteiger partial charge in [0.1, 0.15) is 17.6 Å². The van der Waals surface area contributed by atoms with E-state index in [1.807, 2.05) is 6.07 Å². The summed E-state index contributed by atoms with van der Waals surface area (Å²) in [6, 6.07) is 8.11. The predicted molar refractivity (Wildman–Crippen MR) is 115 cm³/mol. The molecule has 1 aliphatic carbocycles. The summed E-state index contributed by atoms with van der Waals surface area (Å²) in [5.74, 6) is -0.657. The molecule has 1 N–H and O–H groups in total. The Hall–Kier alpha value is -3.91. The van der Waals surface area contributed by atoms with Crippen molar-refractivity contribution in [2.45, 2.75) is 18.2 Å². The molecule has 4 heterocycles. The van der Waals surface area contributed by atoms with Gasteiger partial charge in [-0.05, 0) is 24.3 Å². The molecule has 9 nitrogen and oxygen atoms in total. The second kappa shape index (κ2) is 7.56. The van der Waals surface area contributed by atoms with Crippen LogP contribution in [-0.4, -0.2) is 51.8 Å². The maximum Gasteiger partial charge on any atom is 0.414 e. The molecular weight excluding hydrogens is 444 g/mol. The minimum atomic E-state index is -0.720. The minimum absolute atomic E-state index is 0.140. The first-order valence-corrected chi connectivity index (χ1v) is 10.9. The molecule has 0 bridgehead atoms. The summed E-state index contributed by atoms with van der Waals surface area (Å²) < 4.78 is 34.6. The fraction of sp³-hybridized carbons (Fsp3) is 0.348. The van der Waals surface area contributed by atoms with E-state index in [9.17, 15) is 9.18 Å². The minimum Gasteiger partial charge on any atom is -0.442 e. The Labute approximate surface area is 193 Å². The normalized spacial score (nSPS) is 27.4. The maximum absolute atomic E-state index is 15.0. The van der Waals surface area contributed by atoms with Crippen molar-refractivity contribution in [2.75, 3.05) is 24.5 Å². The van der Waals surface area contributed by atoms with E-state index in [2.05, 4.69) is 25.5 Å². The van der Waals surface area contributed by atoms with Crippen LogP contribution in [0.3, 0.4) is 0 Å². The molecule has 3 fully saturated rings. The van der Waals surface area contributed by atoms with Crippen LogP contribution in [0.2, 0.25) is 0 Å². The number of pyridine rings is 1. The Morgan fingerprint density at radius 3 is 2.71 bits per heavy atom. The van der Waals surface area contributed by atoms with Gasteiger partial charge in [0.2, 0.25) is 0 Å². The zero-order valence-electron chi connectivity index (χ0n) is 17.9. The third-order valence-corrected chi connectivity index (χ3v) is 6.95. The number of nitrogens with zero attached hydrogens (tertiary/aromatic N) is 6. The van der Waals surface area contributed by atoms with Crippen LogP contribution < -0.4 is 10.2 Å². The molecule has 6 rings (SSSR count). The number of fused-ring (bicyclic) bond motifs is 1. The van der Waals surface area contributed by atoms with Crippen molar-refractivity contribution < 1.29 is 18.3 Å². The summed E-state index contributed by atoms with van der Waals surface area (Å²) in [4.78, 5) is 22.1. The van der Waals surface area contributed by atoms with Crippen LogP contribution >= 0.6 is 0 Å². The summed E-state index contributed by atoms with van der Waals surface area (Å²) in [6.45, 7) is 9.64. The lowest BCUT2D eigenvalue weighted by Gasteiger charge is -2.15. The van der Waals surface area contributed by atoms with Crippen molar-refractivity contribution in [3.05, 3.63) is 71.6 Å². The fourth-order valence-corrected chi connectivity index (χ4v) is 5.21. The number of aromatic nitrogens is 4. The molecule has 172 valence electrons. The predicted octanol–water partition coefficient (Wildman–Crippen LogP) is 2.61. The zero-order chi connectivity index (χ0) is 23.4. The van der Waals surface area contributed by atoms with E-state index in [0.29, 0.717) is 16.8 Å². The van der Waals surface area contributed by atoms with Crippen molar-refractivity contribution in [3.63, 3.8) is 0 Å². The largest absolute Gasteiger partial charge is 0.442 e. The van der Waals surface area contributed by atoms with Crippen molar-refractivity contribution in [3.8, 4) is 11.1 Å².